The number of likely N-dealkylation sites (tertiary alicyclic amines) is 1. The molecule has 0 aromatic heterocycles. The van der Waals surface area contributed by atoms with Crippen LogP contribution in [0.25, 0.3) is 0 Å². The third kappa shape index (κ3) is 8.35. The Kier molecular flexibility index (Phi) is 12.7. The van der Waals surface area contributed by atoms with E-state index in [0.717, 1.165) is 77.3 Å². The second-order valence-corrected chi connectivity index (χ2v) is 8.62. The molecule has 32 heavy (non-hydrogen) atoms. The number of benzene rings is 1. The SMILES string of the molecule is CCNC(=NCC(C)CN1CCOCC1)NCC(c1ccccc1OC)N1CCCC1.I. The van der Waals surface area contributed by atoms with Crippen molar-refractivity contribution in [2.75, 3.05) is 72.7 Å². The zero-order valence-electron chi connectivity index (χ0n) is 20.0. The molecule has 2 fully saturated rings. The van der Waals surface area contributed by atoms with Gasteiger partial charge in [0, 0.05) is 44.8 Å². The minimum atomic E-state index is 0. The summed E-state index contributed by atoms with van der Waals surface area (Å²) in [6.07, 6.45) is 2.53. The van der Waals surface area contributed by atoms with E-state index in [0.29, 0.717) is 5.92 Å². The number of aliphatic imine (C=N–C) groups is 1. The Labute approximate surface area is 211 Å². The number of methoxy groups -OCH3 is 1. The van der Waals surface area contributed by atoms with Crippen LogP contribution in [0.1, 0.15) is 38.3 Å². The van der Waals surface area contributed by atoms with Crippen molar-refractivity contribution in [2.24, 2.45) is 10.9 Å². The lowest BCUT2D eigenvalue weighted by Crippen LogP contribution is -2.43. The Morgan fingerprint density at radius 2 is 1.84 bits per heavy atom. The van der Waals surface area contributed by atoms with Crippen LogP contribution in [0.4, 0.5) is 0 Å². The quantitative estimate of drug-likeness (QED) is 0.261. The second kappa shape index (κ2) is 14.9. The fourth-order valence-corrected chi connectivity index (χ4v) is 4.50. The van der Waals surface area contributed by atoms with E-state index in [-0.39, 0.29) is 30.0 Å². The van der Waals surface area contributed by atoms with Gasteiger partial charge in [-0.15, -0.1) is 24.0 Å². The molecule has 2 aliphatic heterocycles. The maximum atomic E-state index is 5.68. The van der Waals surface area contributed by atoms with Gasteiger partial charge in [-0.1, -0.05) is 25.1 Å². The zero-order chi connectivity index (χ0) is 21.9. The molecule has 0 saturated carbocycles. The molecule has 8 heteroatoms. The predicted molar refractivity (Wildman–Crippen MR) is 142 cm³/mol. The Morgan fingerprint density at radius 3 is 2.53 bits per heavy atom. The summed E-state index contributed by atoms with van der Waals surface area (Å²) in [7, 11) is 1.76. The molecule has 0 spiro atoms. The third-order valence-electron chi connectivity index (χ3n) is 6.12. The van der Waals surface area contributed by atoms with Gasteiger partial charge in [-0.2, -0.15) is 0 Å². The average Bonchev–Trinajstić information content (AvgIpc) is 3.33. The van der Waals surface area contributed by atoms with Gasteiger partial charge in [0.05, 0.1) is 26.4 Å². The summed E-state index contributed by atoms with van der Waals surface area (Å²) in [6, 6.07) is 8.67. The van der Waals surface area contributed by atoms with Gasteiger partial charge in [-0.25, -0.2) is 0 Å². The molecule has 0 radical (unpaired) electrons. The number of ether oxygens (including phenoxy) is 2. The van der Waals surface area contributed by atoms with Crippen LogP contribution in [-0.4, -0.2) is 88.4 Å². The number of nitrogens with one attached hydrogen (secondary N) is 2. The third-order valence-corrected chi connectivity index (χ3v) is 6.12. The number of hydrogen-bond donors (Lipinski definition) is 2. The molecule has 182 valence electrons. The monoisotopic (exact) mass is 559 g/mol. The molecule has 1 aromatic carbocycles. The first-order valence-corrected chi connectivity index (χ1v) is 11.9. The number of para-hydroxylation sites is 1. The van der Waals surface area contributed by atoms with Crippen molar-refractivity contribution < 1.29 is 9.47 Å². The fraction of sp³-hybridized carbons (Fsp3) is 0.708. The number of nitrogens with zero attached hydrogens (tertiary/aromatic N) is 3. The summed E-state index contributed by atoms with van der Waals surface area (Å²) < 4.78 is 11.1. The van der Waals surface area contributed by atoms with Crippen LogP contribution in [0.2, 0.25) is 0 Å². The first-order valence-electron chi connectivity index (χ1n) is 11.9. The highest BCUT2D eigenvalue weighted by atomic mass is 127. The lowest BCUT2D eigenvalue weighted by atomic mass is 10.0. The van der Waals surface area contributed by atoms with Crippen molar-refractivity contribution in [1.82, 2.24) is 20.4 Å². The highest BCUT2D eigenvalue weighted by Gasteiger charge is 2.26. The van der Waals surface area contributed by atoms with Crippen LogP contribution in [0.5, 0.6) is 5.75 Å². The van der Waals surface area contributed by atoms with Crippen molar-refractivity contribution in [3.8, 4) is 5.75 Å². The Hall–Kier alpha value is -1.10. The number of morpholine rings is 1. The van der Waals surface area contributed by atoms with Crippen LogP contribution in [0.3, 0.4) is 0 Å². The van der Waals surface area contributed by atoms with Gasteiger partial charge in [0.15, 0.2) is 5.96 Å². The molecule has 1 aromatic rings. The van der Waals surface area contributed by atoms with Gasteiger partial charge in [-0.05, 0) is 44.8 Å². The lowest BCUT2D eigenvalue weighted by molar-refractivity contribution is 0.0323. The van der Waals surface area contributed by atoms with E-state index >= 15 is 0 Å². The van der Waals surface area contributed by atoms with E-state index in [9.17, 15) is 0 Å². The van der Waals surface area contributed by atoms with Crippen LogP contribution in [0.15, 0.2) is 29.3 Å². The van der Waals surface area contributed by atoms with Gasteiger partial charge in [0.2, 0.25) is 0 Å². The van der Waals surface area contributed by atoms with E-state index in [1.165, 1.54) is 18.4 Å². The number of halogens is 1. The molecular weight excluding hydrogens is 517 g/mol. The first-order chi connectivity index (χ1) is 15.2. The fourth-order valence-electron chi connectivity index (χ4n) is 4.50. The van der Waals surface area contributed by atoms with Crippen molar-refractivity contribution in [2.45, 2.75) is 32.7 Å². The van der Waals surface area contributed by atoms with E-state index in [2.05, 4.69) is 52.5 Å². The molecule has 2 N–H and O–H groups in total. The Morgan fingerprint density at radius 1 is 1.12 bits per heavy atom. The Balaban J connectivity index is 0.00000363. The van der Waals surface area contributed by atoms with Gasteiger partial charge in [0.25, 0.3) is 0 Å². The van der Waals surface area contributed by atoms with Crippen LogP contribution in [0, 0.1) is 5.92 Å². The van der Waals surface area contributed by atoms with E-state index in [1.807, 2.05) is 6.07 Å². The lowest BCUT2D eigenvalue weighted by Gasteiger charge is -2.30. The first kappa shape index (κ1) is 27.1. The summed E-state index contributed by atoms with van der Waals surface area (Å²) >= 11 is 0. The highest BCUT2D eigenvalue weighted by molar-refractivity contribution is 14.0. The molecule has 2 atom stereocenters. The molecule has 2 saturated heterocycles. The summed E-state index contributed by atoms with van der Waals surface area (Å²) in [5, 5.41) is 7.04. The topological polar surface area (TPSA) is 61.4 Å². The van der Waals surface area contributed by atoms with E-state index < -0.39 is 0 Å². The predicted octanol–water partition coefficient (Wildman–Crippen LogP) is 2.97. The average molecular weight is 560 g/mol. The van der Waals surface area contributed by atoms with Crippen molar-refractivity contribution in [3.63, 3.8) is 0 Å². The molecule has 7 nitrogen and oxygen atoms in total. The molecule has 0 amide bonds. The summed E-state index contributed by atoms with van der Waals surface area (Å²) in [5.41, 5.74) is 1.25. The standard InChI is InChI=1S/C24H41N5O2.HI/c1-4-25-24(26-17-20(2)19-28-13-15-31-16-14-28)27-18-22(29-11-7-8-12-29)21-9-5-6-10-23(21)30-3;/h5-6,9-10,20,22H,4,7-8,11-19H2,1-3H3,(H2,25,26,27);1H. The summed E-state index contributed by atoms with van der Waals surface area (Å²) in [6.45, 7) is 14.0. The van der Waals surface area contributed by atoms with Crippen LogP contribution < -0.4 is 15.4 Å². The maximum Gasteiger partial charge on any atom is 0.191 e. The normalized spacial score (nSPS) is 19.8. The minimum Gasteiger partial charge on any atom is -0.496 e. The molecule has 2 aliphatic rings. The molecule has 2 heterocycles. The van der Waals surface area contributed by atoms with E-state index in [4.69, 9.17) is 14.5 Å². The molecular formula is C24H42IN5O2. The number of guanidine groups is 1. The van der Waals surface area contributed by atoms with Gasteiger partial charge in [-0.3, -0.25) is 14.8 Å². The van der Waals surface area contributed by atoms with Gasteiger partial charge >= 0.3 is 0 Å². The highest BCUT2D eigenvalue weighted by Crippen LogP contribution is 2.31. The van der Waals surface area contributed by atoms with Gasteiger partial charge < -0.3 is 20.1 Å². The van der Waals surface area contributed by atoms with Crippen LogP contribution >= 0.6 is 24.0 Å². The van der Waals surface area contributed by atoms with Crippen molar-refractivity contribution in [3.05, 3.63) is 29.8 Å². The number of hydrogen-bond acceptors (Lipinski definition) is 5. The molecule has 0 bridgehead atoms. The van der Waals surface area contributed by atoms with E-state index in [1.54, 1.807) is 7.11 Å². The summed E-state index contributed by atoms with van der Waals surface area (Å²) in [4.78, 5) is 9.95. The van der Waals surface area contributed by atoms with Gasteiger partial charge in [0.1, 0.15) is 5.75 Å². The zero-order valence-corrected chi connectivity index (χ0v) is 22.3. The molecule has 2 unspecified atom stereocenters. The second-order valence-electron chi connectivity index (χ2n) is 8.62. The smallest absolute Gasteiger partial charge is 0.191 e. The van der Waals surface area contributed by atoms with Crippen molar-refractivity contribution in [1.29, 1.82) is 0 Å². The molecule has 3 rings (SSSR count). The molecule has 0 aliphatic carbocycles. The minimum absolute atomic E-state index is 0. The maximum absolute atomic E-state index is 5.68. The Bertz CT molecular complexity index is 678. The largest absolute Gasteiger partial charge is 0.496 e. The van der Waals surface area contributed by atoms with Crippen LogP contribution in [-0.2, 0) is 4.74 Å². The van der Waals surface area contributed by atoms with Crippen molar-refractivity contribution >= 4 is 29.9 Å². The summed E-state index contributed by atoms with van der Waals surface area (Å²) in [5.74, 6) is 2.37. The number of rotatable bonds is 10.